The van der Waals surface area contributed by atoms with E-state index in [9.17, 15) is 9.90 Å². The third-order valence-electron chi connectivity index (χ3n) is 4.57. The Morgan fingerprint density at radius 3 is 2.72 bits per heavy atom. The predicted molar refractivity (Wildman–Crippen MR) is 71.2 cm³/mol. The molecule has 0 aromatic heterocycles. The average Bonchev–Trinajstić information content (AvgIpc) is 2.88. The Balaban J connectivity index is 2.04. The average molecular weight is 254 g/mol. The highest BCUT2D eigenvalue weighted by molar-refractivity contribution is 5.83. The van der Waals surface area contributed by atoms with Crippen molar-refractivity contribution in [3.05, 3.63) is 0 Å². The van der Waals surface area contributed by atoms with Gasteiger partial charge in [0.05, 0.1) is 5.41 Å². The Bertz CT molecular complexity index is 282. The maximum absolute atomic E-state index is 12.8. The number of aliphatic hydroxyl groups is 1. The van der Waals surface area contributed by atoms with Crippen molar-refractivity contribution < 1.29 is 9.90 Å². The number of hydrogen-bond acceptors (Lipinski definition) is 3. The number of likely N-dealkylation sites (tertiary alicyclic amines) is 1. The Kier molecular flexibility index (Phi) is 4.62. The van der Waals surface area contributed by atoms with Gasteiger partial charge in [-0.2, -0.15) is 0 Å². The van der Waals surface area contributed by atoms with Gasteiger partial charge in [-0.15, -0.1) is 0 Å². The smallest absolute Gasteiger partial charge is 0.228 e. The molecule has 0 spiro atoms. The Morgan fingerprint density at radius 2 is 2.17 bits per heavy atom. The van der Waals surface area contributed by atoms with E-state index in [0.29, 0.717) is 11.8 Å². The first kappa shape index (κ1) is 13.8. The number of piperidine rings is 1. The summed E-state index contributed by atoms with van der Waals surface area (Å²) in [6, 6.07) is 0. The maximum Gasteiger partial charge on any atom is 0.228 e. The molecule has 4 heteroatoms. The second-order valence-electron chi connectivity index (χ2n) is 5.87. The van der Waals surface area contributed by atoms with E-state index in [1.165, 1.54) is 0 Å². The number of nitrogens with zero attached hydrogens (tertiary/aromatic N) is 1. The van der Waals surface area contributed by atoms with Crippen LogP contribution in [0.5, 0.6) is 0 Å². The first-order valence-electron chi connectivity index (χ1n) is 7.33. The van der Waals surface area contributed by atoms with E-state index in [-0.39, 0.29) is 12.0 Å². The second kappa shape index (κ2) is 6.02. The highest BCUT2D eigenvalue weighted by atomic mass is 16.3. The van der Waals surface area contributed by atoms with Gasteiger partial charge in [-0.3, -0.25) is 4.79 Å². The zero-order valence-electron chi connectivity index (χ0n) is 11.5. The largest absolute Gasteiger partial charge is 0.396 e. The molecule has 0 saturated carbocycles. The van der Waals surface area contributed by atoms with Crippen LogP contribution < -0.4 is 5.32 Å². The molecule has 2 heterocycles. The molecule has 18 heavy (non-hydrogen) atoms. The van der Waals surface area contributed by atoms with Crippen LogP contribution in [0.4, 0.5) is 0 Å². The SMILES string of the molecule is CCCC1(C(=O)N2CCC(CO)C2)CCNCC1. The molecule has 2 rings (SSSR count). The van der Waals surface area contributed by atoms with Crippen molar-refractivity contribution in [2.24, 2.45) is 11.3 Å². The standard InChI is InChI=1S/C14H26N2O2/c1-2-4-14(5-7-15-8-6-14)13(18)16-9-3-12(10-16)11-17/h12,15,17H,2-11H2,1H3. The number of nitrogens with one attached hydrogen (secondary N) is 1. The summed E-state index contributed by atoms with van der Waals surface area (Å²) in [5.74, 6) is 0.649. The van der Waals surface area contributed by atoms with E-state index in [1.807, 2.05) is 4.90 Å². The molecule has 2 N–H and O–H groups in total. The van der Waals surface area contributed by atoms with Crippen LogP contribution >= 0.6 is 0 Å². The van der Waals surface area contributed by atoms with Crippen molar-refractivity contribution in [3.8, 4) is 0 Å². The molecule has 0 aromatic carbocycles. The molecule has 1 atom stereocenters. The number of hydrogen-bond donors (Lipinski definition) is 2. The zero-order chi connectivity index (χ0) is 13.0. The molecule has 4 nitrogen and oxygen atoms in total. The predicted octanol–water partition coefficient (Wildman–Crippen LogP) is 0.997. The third-order valence-corrected chi connectivity index (χ3v) is 4.57. The fourth-order valence-electron chi connectivity index (χ4n) is 3.46. The van der Waals surface area contributed by atoms with Crippen molar-refractivity contribution in [3.63, 3.8) is 0 Å². The van der Waals surface area contributed by atoms with Crippen molar-refractivity contribution in [1.82, 2.24) is 10.2 Å². The summed E-state index contributed by atoms with van der Waals surface area (Å²) < 4.78 is 0. The van der Waals surface area contributed by atoms with Gasteiger partial charge in [0.2, 0.25) is 5.91 Å². The van der Waals surface area contributed by atoms with Crippen LogP contribution in [0.25, 0.3) is 0 Å². The van der Waals surface area contributed by atoms with Crippen LogP contribution in [0, 0.1) is 11.3 Å². The van der Waals surface area contributed by atoms with Crippen molar-refractivity contribution in [2.75, 3.05) is 32.8 Å². The number of aliphatic hydroxyl groups excluding tert-OH is 1. The summed E-state index contributed by atoms with van der Waals surface area (Å²) in [7, 11) is 0. The summed E-state index contributed by atoms with van der Waals surface area (Å²) in [5, 5.41) is 12.5. The summed E-state index contributed by atoms with van der Waals surface area (Å²) in [6.07, 6.45) is 4.99. The molecule has 0 aliphatic carbocycles. The molecule has 2 aliphatic rings. The molecule has 104 valence electrons. The summed E-state index contributed by atoms with van der Waals surface area (Å²) >= 11 is 0. The maximum atomic E-state index is 12.8. The lowest BCUT2D eigenvalue weighted by molar-refractivity contribution is -0.143. The van der Waals surface area contributed by atoms with Gasteiger partial charge >= 0.3 is 0 Å². The van der Waals surface area contributed by atoms with Crippen LogP contribution in [-0.4, -0.2) is 48.7 Å². The van der Waals surface area contributed by atoms with E-state index in [1.54, 1.807) is 0 Å². The van der Waals surface area contributed by atoms with Crippen LogP contribution in [0.15, 0.2) is 0 Å². The molecule has 0 radical (unpaired) electrons. The number of carbonyl (C=O) groups excluding carboxylic acids is 1. The zero-order valence-corrected chi connectivity index (χ0v) is 11.5. The van der Waals surface area contributed by atoms with Crippen LogP contribution in [-0.2, 0) is 4.79 Å². The van der Waals surface area contributed by atoms with E-state index in [4.69, 9.17) is 0 Å². The monoisotopic (exact) mass is 254 g/mol. The summed E-state index contributed by atoms with van der Waals surface area (Å²) in [4.78, 5) is 14.8. The number of amides is 1. The van der Waals surface area contributed by atoms with Crippen LogP contribution in [0.2, 0.25) is 0 Å². The van der Waals surface area contributed by atoms with Gasteiger partial charge < -0.3 is 15.3 Å². The van der Waals surface area contributed by atoms with E-state index in [0.717, 1.165) is 58.3 Å². The molecule has 2 saturated heterocycles. The third kappa shape index (κ3) is 2.69. The highest BCUT2D eigenvalue weighted by Gasteiger charge is 2.42. The molecular weight excluding hydrogens is 228 g/mol. The highest BCUT2D eigenvalue weighted by Crippen LogP contribution is 2.37. The molecular formula is C14H26N2O2. The van der Waals surface area contributed by atoms with Crippen LogP contribution in [0.1, 0.15) is 39.0 Å². The van der Waals surface area contributed by atoms with Gasteiger partial charge in [0.25, 0.3) is 0 Å². The second-order valence-corrected chi connectivity index (χ2v) is 5.87. The van der Waals surface area contributed by atoms with Crippen molar-refractivity contribution in [2.45, 2.75) is 39.0 Å². The lowest BCUT2D eigenvalue weighted by Gasteiger charge is -2.39. The minimum atomic E-state index is -0.121. The van der Waals surface area contributed by atoms with Crippen molar-refractivity contribution in [1.29, 1.82) is 0 Å². The first-order valence-corrected chi connectivity index (χ1v) is 7.33. The molecule has 1 amide bonds. The van der Waals surface area contributed by atoms with Crippen LogP contribution in [0.3, 0.4) is 0 Å². The van der Waals surface area contributed by atoms with Gasteiger partial charge in [0.1, 0.15) is 0 Å². The lowest BCUT2D eigenvalue weighted by atomic mass is 9.74. The number of carbonyl (C=O) groups is 1. The Morgan fingerprint density at radius 1 is 1.44 bits per heavy atom. The summed E-state index contributed by atoms with van der Waals surface area (Å²) in [6.45, 7) is 5.90. The van der Waals surface area contributed by atoms with Gasteiger partial charge in [0, 0.05) is 25.6 Å². The van der Waals surface area contributed by atoms with Gasteiger partial charge in [0.15, 0.2) is 0 Å². The quantitative estimate of drug-likeness (QED) is 0.787. The molecule has 2 fully saturated rings. The normalized spacial score (nSPS) is 27.4. The van der Waals surface area contributed by atoms with Gasteiger partial charge in [-0.1, -0.05) is 13.3 Å². The van der Waals surface area contributed by atoms with E-state index in [2.05, 4.69) is 12.2 Å². The Hall–Kier alpha value is -0.610. The number of rotatable bonds is 4. The fourth-order valence-corrected chi connectivity index (χ4v) is 3.46. The Labute approximate surface area is 110 Å². The van der Waals surface area contributed by atoms with Crippen molar-refractivity contribution >= 4 is 5.91 Å². The topological polar surface area (TPSA) is 52.6 Å². The first-order chi connectivity index (χ1) is 8.72. The van der Waals surface area contributed by atoms with Gasteiger partial charge in [-0.25, -0.2) is 0 Å². The molecule has 0 aromatic rings. The summed E-state index contributed by atoms with van der Waals surface area (Å²) in [5.41, 5.74) is -0.121. The fraction of sp³-hybridized carbons (Fsp3) is 0.929. The lowest BCUT2D eigenvalue weighted by Crippen LogP contribution is -2.48. The molecule has 2 aliphatic heterocycles. The minimum Gasteiger partial charge on any atom is -0.396 e. The molecule has 0 bridgehead atoms. The van der Waals surface area contributed by atoms with Gasteiger partial charge in [-0.05, 0) is 38.8 Å². The van der Waals surface area contributed by atoms with E-state index >= 15 is 0 Å². The molecule has 1 unspecified atom stereocenters. The minimum absolute atomic E-state index is 0.121. The van der Waals surface area contributed by atoms with E-state index < -0.39 is 0 Å².